The predicted molar refractivity (Wildman–Crippen MR) is 90.4 cm³/mol. The molecule has 0 saturated carbocycles. The van der Waals surface area contributed by atoms with E-state index in [-0.39, 0.29) is 48.2 Å². The number of rotatable bonds is 12. The van der Waals surface area contributed by atoms with E-state index in [0.29, 0.717) is 32.1 Å². The van der Waals surface area contributed by atoms with Crippen molar-refractivity contribution in [1.82, 2.24) is 4.90 Å². The molecule has 0 fully saturated rings. The van der Waals surface area contributed by atoms with Gasteiger partial charge in [0.25, 0.3) is 0 Å². The van der Waals surface area contributed by atoms with Gasteiger partial charge < -0.3 is 0 Å². The average Bonchev–Trinajstić information content (AvgIpc) is 2.45. The van der Waals surface area contributed by atoms with Crippen molar-refractivity contribution in [2.45, 2.75) is 66.7 Å². The van der Waals surface area contributed by atoms with Gasteiger partial charge in [-0.25, -0.2) is 0 Å². The first-order chi connectivity index (χ1) is 10.6. The third-order valence-electron chi connectivity index (χ3n) is 3.68. The minimum Gasteiger partial charge on any atom is -0.299 e. The molecule has 0 bridgehead atoms. The molecule has 0 amide bonds. The fraction of sp³-hybridized carbons (Fsp3) is 0.778. The molecule has 0 radical (unpaired) electrons. The molecule has 0 spiro atoms. The number of carbonyl (C=O) groups is 4. The Kier molecular flexibility index (Phi) is 9.80. The summed E-state index contributed by atoms with van der Waals surface area (Å²) in [5, 5.41) is 0. The quantitative estimate of drug-likeness (QED) is 0.551. The lowest BCUT2D eigenvalue weighted by atomic mass is 9.88. The van der Waals surface area contributed by atoms with Crippen molar-refractivity contribution < 1.29 is 19.2 Å². The van der Waals surface area contributed by atoms with E-state index < -0.39 is 0 Å². The van der Waals surface area contributed by atoms with Crippen LogP contribution >= 0.6 is 0 Å². The summed E-state index contributed by atoms with van der Waals surface area (Å²) in [7, 11) is 0. The molecule has 0 aliphatic carbocycles. The first kappa shape index (κ1) is 21.6. The maximum Gasteiger partial charge on any atom is 0.146 e. The van der Waals surface area contributed by atoms with Crippen molar-refractivity contribution in [3.8, 4) is 0 Å². The van der Waals surface area contributed by atoms with E-state index in [9.17, 15) is 19.2 Å². The monoisotopic (exact) mass is 325 g/mol. The Morgan fingerprint density at radius 1 is 0.739 bits per heavy atom. The molecule has 0 unspecified atom stereocenters. The summed E-state index contributed by atoms with van der Waals surface area (Å²) in [5.74, 6) is 0.151. The molecule has 5 nitrogen and oxygen atoms in total. The standard InChI is InChI=1S/C18H31NO4/c1-6-14(20)11-19(12-15(21)7-2)13-16(22)9-8-10-17(23)18(3,4)5/h6-13H2,1-5H3. The first-order valence-corrected chi connectivity index (χ1v) is 8.40. The number of ketones is 4. The van der Waals surface area contributed by atoms with E-state index in [0.717, 1.165) is 0 Å². The number of hydrogen-bond acceptors (Lipinski definition) is 5. The highest BCUT2D eigenvalue weighted by atomic mass is 16.1. The Bertz CT molecular complexity index is 417. The van der Waals surface area contributed by atoms with Crippen molar-refractivity contribution in [2.24, 2.45) is 5.41 Å². The Balaban J connectivity index is 4.39. The van der Waals surface area contributed by atoms with Gasteiger partial charge in [-0.15, -0.1) is 0 Å². The molecule has 0 aromatic heterocycles. The summed E-state index contributed by atoms with van der Waals surface area (Å²) in [4.78, 5) is 48.6. The topological polar surface area (TPSA) is 71.5 Å². The second-order valence-electron chi connectivity index (χ2n) is 7.00. The Morgan fingerprint density at radius 2 is 1.17 bits per heavy atom. The lowest BCUT2D eigenvalue weighted by molar-refractivity contribution is -0.126. The van der Waals surface area contributed by atoms with Crippen LogP contribution in [0.4, 0.5) is 0 Å². The smallest absolute Gasteiger partial charge is 0.146 e. The molecule has 0 aromatic rings. The fourth-order valence-electron chi connectivity index (χ4n) is 2.04. The van der Waals surface area contributed by atoms with Gasteiger partial charge in [0.2, 0.25) is 0 Å². The van der Waals surface area contributed by atoms with E-state index in [1.807, 2.05) is 20.8 Å². The summed E-state index contributed by atoms with van der Waals surface area (Å²) in [5.41, 5.74) is -0.379. The molecule has 132 valence electrons. The van der Waals surface area contributed by atoms with E-state index in [1.165, 1.54) is 0 Å². The van der Waals surface area contributed by atoms with Gasteiger partial charge in [0.1, 0.15) is 23.1 Å². The van der Waals surface area contributed by atoms with E-state index >= 15 is 0 Å². The third kappa shape index (κ3) is 10.1. The average molecular weight is 325 g/mol. The van der Waals surface area contributed by atoms with Crippen molar-refractivity contribution in [3.63, 3.8) is 0 Å². The molecule has 0 rings (SSSR count). The third-order valence-corrected chi connectivity index (χ3v) is 3.68. The van der Waals surface area contributed by atoms with Gasteiger partial charge in [0.05, 0.1) is 19.6 Å². The molecule has 0 aliphatic rings. The highest BCUT2D eigenvalue weighted by Gasteiger charge is 2.21. The van der Waals surface area contributed by atoms with Crippen LogP contribution in [0.5, 0.6) is 0 Å². The molecule has 23 heavy (non-hydrogen) atoms. The fourth-order valence-corrected chi connectivity index (χ4v) is 2.04. The number of Topliss-reactive ketones (excluding diaryl/α,β-unsaturated/α-hetero) is 4. The Hall–Kier alpha value is -1.36. The lowest BCUT2D eigenvalue weighted by Gasteiger charge is -2.20. The van der Waals surface area contributed by atoms with Gasteiger partial charge in [0.15, 0.2) is 0 Å². The predicted octanol–water partition coefficient (Wildman–Crippen LogP) is 2.60. The highest BCUT2D eigenvalue weighted by Crippen LogP contribution is 2.18. The number of hydrogen-bond donors (Lipinski definition) is 0. The van der Waals surface area contributed by atoms with Gasteiger partial charge in [-0.3, -0.25) is 24.1 Å². The van der Waals surface area contributed by atoms with Gasteiger partial charge in [-0.2, -0.15) is 0 Å². The van der Waals surface area contributed by atoms with E-state index in [1.54, 1.807) is 18.7 Å². The zero-order chi connectivity index (χ0) is 18.0. The van der Waals surface area contributed by atoms with Crippen LogP contribution in [-0.2, 0) is 19.2 Å². The van der Waals surface area contributed by atoms with Gasteiger partial charge in [-0.05, 0) is 6.42 Å². The summed E-state index contributed by atoms with van der Waals surface area (Å²) < 4.78 is 0. The second kappa shape index (κ2) is 10.4. The molecule has 0 aliphatic heterocycles. The van der Waals surface area contributed by atoms with Gasteiger partial charge in [-0.1, -0.05) is 34.6 Å². The SMILES string of the molecule is CCC(=O)CN(CC(=O)CC)CC(=O)CCCC(=O)C(C)(C)C. The van der Waals surface area contributed by atoms with Crippen LogP contribution in [-0.4, -0.2) is 47.7 Å². The Labute approximate surface area is 139 Å². The van der Waals surface area contributed by atoms with Gasteiger partial charge in [0, 0.05) is 31.1 Å². The summed E-state index contributed by atoms with van der Waals surface area (Å²) in [6, 6.07) is 0. The van der Waals surface area contributed by atoms with E-state index in [4.69, 9.17) is 0 Å². The van der Waals surface area contributed by atoms with Gasteiger partial charge >= 0.3 is 0 Å². The van der Waals surface area contributed by atoms with Crippen LogP contribution in [0.25, 0.3) is 0 Å². The van der Waals surface area contributed by atoms with E-state index in [2.05, 4.69) is 0 Å². The number of nitrogens with zero attached hydrogens (tertiary/aromatic N) is 1. The molecule has 0 N–H and O–H groups in total. The van der Waals surface area contributed by atoms with Crippen LogP contribution in [0.3, 0.4) is 0 Å². The largest absolute Gasteiger partial charge is 0.299 e. The van der Waals surface area contributed by atoms with Crippen LogP contribution in [0, 0.1) is 5.41 Å². The summed E-state index contributed by atoms with van der Waals surface area (Å²) >= 11 is 0. The Morgan fingerprint density at radius 3 is 1.57 bits per heavy atom. The molecule has 0 heterocycles. The summed E-state index contributed by atoms with van der Waals surface area (Å²) in [6.07, 6.45) is 2.00. The maximum absolute atomic E-state index is 12.0. The zero-order valence-electron chi connectivity index (χ0n) is 15.2. The van der Waals surface area contributed by atoms with Crippen LogP contribution in [0.2, 0.25) is 0 Å². The van der Waals surface area contributed by atoms with Crippen molar-refractivity contribution in [3.05, 3.63) is 0 Å². The summed E-state index contributed by atoms with van der Waals surface area (Å²) in [6.45, 7) is 9.50. The molecular formula is C18H31NO4. The van der Waals surface area contributed by atoms with Crippen LogP contribution in [0.15, 0.2) is 0 Å². The minimum atomic E-state index is -0.379. The highest BCUT2D eigenvalue weighted by molar-refractivity contribution is 5.87. The molecule has 0 atom stereocenters. The normalized spacial score (nSPS) is 11.6. The van der Waals surface area contributed by atoms with Crippen LogP contribution < -0.4 is 0 Å². The first-order valence-electron chi connectivity index (χ1n) is 8.40. The zero-order valence-corrected chi connectivity index (χ0v) is 15.2. The molecule has 0 saturated heterocycles. The van der Waals surface area contributed by atoms with Crippen molar-refractivity contribution in [1.29, 1.82) is 0 Å². The minimum absolute atomic E-state index is 0.0182. The maximum atomic E-state index is 12.0. The van der Waals surface area contributed by atoms with Crippen molar-refractivity contribution in [2.75, 3.05) is 19.6 Å². The molecule has 0 aromatic carbocycles. The van der Waals surface area contributed by atoms with Crippen LogP contribution in [0.1, 0.15) is 66.7 Å². The molecule has 5 heteroatoms. The number of carbonyl (C=O) groups excluding carboxylic acids is 4. The lowest BCUT2D eigenvalue weighted by Crippen LogP contribution is -2.38. The van der Waals surface area contributed by atoms with Crippen molar-refractivity contribution >= 4 is 23.1 Å². The molecular weight excluding hydrogens is 294 g/mol. The second-order valence-corrected chi connectivity index (χ2v) is 7.00.